The Morgan fingerprint density at radius 1 is 1.83 bits per heavy atom. The summed E-state index contributed by atoms with van der Waals surface area (Å²) in [5.74, 6) is 0. The molecule has 0 aliphatic rings. The van der Waals surface area contributed by atoms with Crippen molar-refractivity contribution in [1.29, 1.82) is 0 Å². The van der Waals surface area contributed by atoms with E-state index >= 15 is 0 Å². The number of halogens is 1. The Hall–Kier alpha value is -0.540. The Morgan fingerprint density at radius 2 is 2.58 bits per heavy atom. The Labute approximate surface area is 80.8 Å². The van der Waals surface area contributed by atoms with Crippen molar-refractivity contribution in [3.05, 3.63) is 22.7 Å². The molecule has 0 atom stereocenters. The normalized spacial score (nSPS) is 9.83. The van der Waals surface area contributed by atoms with E-state index in [1.54, 1.807) is 5.38 Å². The van der Waals surface area contributed by atoms with Crippen molar-refractivity contribution in [2.75, 3.05) is 6.61 Å². The van der Waals surface area contributed by atoms with Gasteiger partial charge in [-0.05, 0) is 6.92 Å². The molecule has 0 aliphatic carbocycles. The van der Waals surface area contributed by atoms with Crippen LogP contribution in [0.4, 0.5) is 0 Å². The number of rotatable bonds is 4. The van der Waals surface area contributed by atoms with Crippen LogP contribution in [0.25, 0.3) is 0 Å². The molecule has 0 saturated heterocycles. The minimum Gasteiger partial charge on any atom is -0.470 e. The minimum atomic E-state index is 0.491. The summed E-state index contributed by atoms with van der Waals surface area (Å²) >= 11 is 7.01. The molecule has 0 bridgehead atoms. The monoisotopic (exact) mass is 203 g/mol. The Morgan fingerprint density at radius 3 is 3.08 bits per heavy atom. The topological polar surface area (TPSA) is 22.1 Å². The molecule has 2 nitrogen and oxygen atoms in total. The molecule has 0 aromatic carbocycles. The molecule has 0 N–H and O–H groups in total. The summed E-state index contributed by atoms with van der Waals surface area (Å²) in [5, 5.41) is 2.86. The second kappa shape index (κ2) is 4.48. The van der Waals surface area contributed by atoms with E-state index in [4.69, 9.17) is 16.3 Å². The predicted octanol–water partition coefficient (Wildman–Crippen LogP) is 3.14. The summed E-state index contributed by atoms with van der Waals surface area (Å²) in [5.41, 5.74) is 1.11. The summed E-state index contributed by atoms with van der Waals surface area (Å²) in [7, 11) is 0. The van der Waals surface area contributed by atoms with Gasteiger partial charge in [0.15, 0.2) is 0 Å². The van der Waals surface area contributed by atoms with Crippen LogP contribution in [0.2, 0.25) is 5.15 Å². The van der Waals surface area contributed by atoms with Crippen LogP contribution in [-0.4, -0.2) is 11.6 Å². The number of ether oxygens (including phenoxy) is 1. The van der Waals surface area contributed by atoms with Crippen molar-refractivity contribution in [3.8, 4) is 5.19 Å². The molecule has 1 rings (SSSR count). The molecule has 0 fully saturated rings. The quantitative estimate of drug-likeness (QED) is 0.702. The van der Waals surface area contributed by atoms with Gasteiger partial charge in [0, 0.05) is 11.8 Å². The lowest BCUT2D eigenvalue weighted by Crippen LogP contribution is -1.96. The van der Waals surface area contributed by atoms with E-state index in [2.05, 4.69) is 11.6 Å². The van der Waals surface area contributed by atoms with Crippen LogP contribution in [-0.2, 0) is 0 Å². The standard InChI is InChI=1S/C8H10ClNOS/c1-6(2)3-4-11-8-10-7(9)5-12-8/h5H,1,3-4H2,2H3. The maximum Gasteiger partial charge on any atom is 0.274 e. The van der Waals surface area contributed by atoms with Crippen LogP contribution in [0.5, 0.6) is 5.19 Å². The Bertz CT molecular complexity index is 272. The third kappa shape index (κ3) is 3.24. The third-order valence-corrected chi connectivity index (χ3v) is 2.28. The summed E-state index contributed by atoms with van der Waals surface area (Å²) < 4.78 is 5.30. The fourth-order valence-electron chi connectivity index (χ4n) is 0.618. The molecule has 0 unspecified atom stereocenters. The zero-order valence-electron chi connectivity index (χ0n) is 6.84. The van der Waals surface area contributed by atoms with Gasteiger partial charge in [-0.25, -0.2) is 0 Å². The smallest absolute Gasteiger partial charge is 0.274 e. The van der Waals surface area contributed by atoms with Crippen molar-refractivity contribution >= 4 is 22.9 Å². The Kier molecular flexibility index (Phi) is 3.56. The summed E-state index contributed by atoms with van der Waals surface area (Å²) in [4.78, 5) is 3.94. The van der Waals surface area contributed by atoms with Crippen LogP contribution in [0.15, 0.2) is 17.5 Å². The molecule has 0 radical (unpaired) electrons. The first kappa shape index (κ1) is 9.55. The number of hydrogen-bond acceptors (Lipinski definition) is 3. The minimum absolute atomic E-state index is 0.491. The maximum absolute atomic E-state index is 5.60. The van der Waals surface area contributed by atoms with E-state index in [0.29, 0.717) is 17.0 Å². The number of nitrogens with zero attached hydrogens (tertiary/aromatic N) is 1. The molecule has 0 amide bonds. The Balaban J connectivity index is 2.29. The van der Waals surface area contributed by atoms with Crippen LogP contribution in [0, 0.1) is 0 Å². The van der Waals surface area contributed by atoms with E-state index in [1.807, 2.05) is 6.92 Å². The lowest BCUT2D eigenvalue weighted by atomic mass is 10.3. The molecule has 4 heteroatoms. The number of aromatic nitrogens is 1. The van der Waals surface area contributed by atoms with Crippen LogP contribution >= 0.6 is 22.9 Å². The van der Waals surface area contributed by atoms with Gasteiger partial charge in [-0.3, -0.25) is 0 Å². The highest BCUT2D eigenvalue weighted by Crippen LogP contribution is 2.21. The largest absolute Gasteiger partial charge is 0.470 e. The summed E-state index contributed by atoms with van der Waals surface area (Å²) in [6.45, 7) is 6.36. The number of hydrogen-bond donors (Lipinski definition) is 0. The van der Waals surface area contributed by atoms with Gasteiger partial charge in [0.1, 0.15) is 5.15 Å². The van der Waals surface area contributed by atoms with Crippen molar-refractivity contribution in [1.82, 2.24) is 4.98 Å². The zero-order valence-corrected chi connectivity index (χ0v) is 8.41. The van der Waals surface area contributed by atoms with E-state index in [0.717, 1.165) is 12.0 Å². The highest BCUT2D eigenvalue weighted by molar-refractivity contribution is 7.11. The molecular formula is C8H10ClNOS. The molecular weight excluding hydrogens is 194 g/mol. The lowest BCUT2D eigenvalue weighted by molar-refractivity contribution is 0.320. The van der Waals surface area contributed by atoms with Gasteiger partial charge >= 0.3 is 0 Å². The fourth-order valence-corrected chi connectivity index (χ4v) is 1.43. The van der Waals surface area contributed by atoms with Gasteiger partial charge in [0.25, 0.3) is 5.19 Å². The fraction of sp³-hybridized carbons (Fsp3) is 0.375. The van der Waals surface area contributed by atoms with Crippen molar-refractivity contribution < 1.29 is 4.74 Å². The van der Waals surface area contributed by atoms with Crippen LogP contribution < -0.4 is 4.74 Å². The maximum atomic E-state index is 5.60. The van der Waals surface area contributed by atoms with Crippen LogP contribution in [0.1, 0.15) is 13.3 Å². The van der Waals surface area contributed by atoms with Gasteiger partial charge in [0.2, 0.25) is 0 Å². The highest BCUT2D eigenvalue weighted by atomic mass is 35.5. The first-order valence-corrected chi connectivity index (χ1v) is 4.82. The van der Waals surface area contributed by atoms with Gasteiger partial charge in [-0.15, -0.1) is 6.58 Å². The average Bonchev–Trinajstić information content (AvgIpc) is 2.35. The number of thiazole rings is 1. The molecule has 0 spiro atoms. The van der Waals surface area contributed by atoms with Crippen molar-refractivity contribution in [2.24, 2.45) is 0 Å². The molecule has 12 heavy (non-hydrogen) atoms. The third-order valence-electron chi connectivity index (χ3n) is 1.21. The first-order valence-electron chi connectivity index (χ1n) is 3.56. The molecule has 1 aromatic rings. The molecule has 0 saturated carbocycles. The van der Waals surface area contributed by atoms with Crippen LogP contribution in [0.3, 0.4) is 0 Å². The summed E-state index contributed by atoms with van der Waals surface area (Å²) in [6.07, 6.45) is 0.858. The molecule has 1 heterocycles. The molecule has 1 aromatic heterocycles. The van der Waals surface area contributed by atoms with Gasteiger partial charge < -0.3 is 4.74 Å². The van der Waals surface area contributed by atoms with E-state index in [1.165, 1.54) is 11.3 Å². The lowest BCUT2D eigenvalue weighted by Gasteiger charge is -2.00. The second-order valence-corrected chi connectivity index (χ2v) is 3.70. The van der Waals surface area contributed by atoms with Crippen molar-refractivity contribution in [2.45, 2.75) is 13.3 Å². The van der Waals surface area contributed by atoms with E-state index < -0.39 is 0 Å². The van der Waals surface area contributed by atoms with E-state index in [9.17, 15) is 0 Å². The van der Waals surface area contributed by atoms with Gasteiger partial charge in [-0.1, -0.05) is 28.5 Å². The predicted molar refractivity (Wildman–Crippen MR) is 52.1 cm³/mol. The van der Waals surface area contributed by atoms with Gasteiger partial charge in [0.05, 0.1) is 6.61 Å². The highest BCUT2D eigenvalue weighted by Gasteiger charge is 1.99. The van der Waals surface area contributed by atoms with Crippen molar-refractivity contribution in [3.63, 3.8) is 0 Å². The first-order chi connectivity index (χ1) is 5.68. The second-order valence-electron chi connectivity index (χ2n) is 2.49. The summed E-state index contributed by atoms with van der Waals surface area (Å²) in [6, 6.07) is 0. The SMILES string of the molecule is C=C(C)CCOc1nc(Cl)cs1. The molecule has 66 valence electrons. The van der Waals surface area contributed by atoms with E-state index in [-0.39, 0.29) is 0 Å². The zero-order chi connectivity index (χ0) is 8.97. The average molecular weight is 204 g/mol. The van der Waals surface area contributed by atoms with Gasteiger partial charge in [-0.2, -0.15) is 4.98 Å². The molecule has 0 aliphatic heterocycles.